The van der Waals surface area contributed by atoms with Crippen LogP contribution in [-0.4, -0.2) is 42.2 Å². The maximum Gasteiger partial charge on any atom is 0.265 e. The van der Waals surface area contributed by atoms with Gasteiger partial charge in [0.2, 0.25) is 5.91 Å². The van der Waals surface area contributed by atoms with Gasteiger partial charge in [-0.1, -0.05) is 41.9 Å². The van der Waals surface area contributed by atoms with Gasteiger partial charge >= 0.3 is 0 Å². The minimum absolute atomic E-state index is 0.0944. The Kier molecular flexibility index (Phi) is 8.25. The highest BCUT2D eigenvalue weighted by Crippen LogP contribution is 2.36. The van der Waals surface area contributed by atoms with Gasteiger partial charge in [-0.05, 0) is 35.9 Å². The molecule has 0 heterocycles. The van der Waals surface area contributed by atoms with E-state index in [0.717, 1.165) is 9.87 Å². The van der Waals surface area contributed by atoms with Crippen molar-refractivity contribution in [2.24, 2.45) is 0 Å². The molecule has 180 valence electrons. The lowest BCUT2D eigenvalue weighted by atomic mass is 10.2. The van der Waals surface area contributed by atoms with Crippen molar-refractivity contribution in [1.29, 1.82) is 0 Å². The van der Waals surface area contributed by atoms with E-state index in [4.69, 9.17) is 25.8 Å². The molecule has 0 bridgehead atoms. The monoisotopic (exact) mass is 504 g/mol. The van der Waals surface area contributed by atoms with Crippen LogP contribution in [0.1, 0.15) is 5.56 Å². The Morgan fingerprint density at radius 3 is 2.18 bits per heavy atom. The van der Waals surface area contributed by atoms with E-state index >= 15 is 0 Å². The first kappa shape index (κ1) is 25.2. The Morgan fingerprint density at radius 2 is 1.53 bits per heavy atom. The molecule has 0 spiro atoms. The van der Waals surface area contributed by atoms with Crippen molar-refractivity contribution in [2.75, 3.05) is 32.2 Å². The van der Waals surface area contributed by atoms with Crippen molar-refractivity contribution in [3.63, 3.8) is 0 Å². The van der Waals surface area contributed by atoms with Crippen molar-refractivity contribution < 1.29 is 27.4 Å². The molecular formula is C24H25ClN2O6S. The number of halogens is 1. The third-order valence-corrected chi connectivity index (χ3v) is 6.96. The van der Waals surface area contributed by atoms with Crippen LogP contribution in [0.15, 0.2) is 71.6 Å². The molecule has 1 N–H and O–H groups in total. The summed E-state index contributed by atoms with van der Waals surface area (Å²) >= 11 is 6.16. The Balaban J connectivity index is 2.01. The molecule has 3 aromatic carbocycles. The number of rotatable bonds is 10. The minimum atomic E-state index is -4.24. The molecular weight excluding hydrogens is 480 g/mol. The first-order chi connectivity index (χ1) is 16.3. The number of methoxy groups -OCH3 is 3. The summed E-state index contributed by atoms with van der Waals surface area (Å²) in [7, 11) is 0.0218. The lowest BCUT2D eigenvalue weighted by Crippen LogP contribution is -2.40. The molecule has 0 fully saturated rings. The number of nitrogens with one attached hydrogen (secondary N) is 1. The summed E-state index contributed by atoms with van der Waals surface area (Å²) in [5.74, 6) is 0.336. The fraction of sp³-hybridized carbons (Fsp3) is 0.208. The van der Waals surface area contributed by atoms with Gasteiger partial charge in [-0.25, -0.2) is 8.42 Å². The first-order valence-corrected chi connectivity index (χ1v) is 12.0. The van der Waals surface area contributed by atoms with Crippen molar-refractivity contribution in [3.8, 4) is 17.2 Å². The second-order valence-electron chi connectivity index (χ2n) is 7.11. The molecule has 0 saturated heterocycles. The fourth-order valence-electron chi connectivity index (χ4n) is 3.24. The number of nitrogens with zero attached hydrogens (tertiary/aromatic N) is 1. The molecule has 0 atom stereocenters. The maximum atomic E-state index is 13.7. The summed E-state index contributed by atoms with van der Waals surface area (Å²) < 4.78 is 44.3. The largest absolute Gasteiger partial charge is 0.495 e. The molecule has 1 amide bonds. The zero-order valence-electron chi connectivity index (χ0n) is 18.9. The lowest BCUT2D eigenvalue weighted by Gasteiger charge is -2.26. The summed E-state index contributed by atoms with van der Waals surface area (Å²) in [4.78, 5) is 12.8. The molecule has 3 aromatic rings. The van der Waals surface area contributed by atoms with Crippen molar-refractivity contribution >= 4 is 33.2 Å². The van der Waals surface area contributed by atoms with Gasteiger partial charge < -0.3 is 19.5 Å². The normalized spacial score (nSPS) is 10.9. The van der Waals surface area contributed by atoms with Crippen LogP contribution in [-0.2, 0) is 21.4 Å². The molecule has 8 nitrogen and oxygen atoms in total. The second kappa shape index (κ2) is 11.1. The Hall–Kier alpha value is -3.43. The number of hydrogen-bond acceptors (Lipinski definition) is 6. The zero-order valence-corrected chi connectivity index (χ0v) is 20.5. The Morgan fingerprint density at radius 1 is 0.882 bits per heavy atom. The van der Waals surface area contributed by atoms with Crippen LogP contribution >= 0.6 is 11.6 Å². The number of anilines is 1. The number of sulfonamides is 1. The SMILES string of the molecule is COc1ccc(S(=O)(=O)N(CC(=O)NCc2ccccc2)c2cc(Cl)ccc2OC)cc1OC. The predicted octanol–water partition coefficient (Wildman–Crippen LogP) is 3.88. The van der Waals surface area contributed by atoms with Gasteiger partial charge in [-0.2, -0.15) is 0 Å². The maximum absolute atomic E-state index is 13.7. The summed E-state index contributed by atoms with van der Waals surface area (Å²) in [6.07, 6.45) is 0. The van der Waals surface area contributed by atoms with Gasteiger partial charge in [0, 0.05) is 17.6 Å². The third-order valence-electron chi connectivity index (χ3n) is 4.97. The molecule has 0 unspecified atom stereocenters. The number of amides is 1. The first-order valence-electron chi connectivity index (χ1n) is 10.2. The summed E-state index contributed by atoms with van der Waals surface area (Å²) in [5, 5.41) is 3.04. The van der Waals surface area contributed by atoms with Crippen molar-refractivity contribution in [2.45, 2.75) is 11.4 Å². The second-order valence-corrected chi connectivity index (χ2v) is 9.41. The Bertz CT molecular complexity index is 1250. The fourth-order valence-corrected chi connectivity index (χ4v) is 4.85. The van der Waals surface area contributed by atoms with Crippen LogP contribution in [0.4, 0.5) is 5.69 Å². The number of benzene rings is 3. The molecule has 0 saturated carbocycles. The minimum Gasteiger partial charge on any atom is -0.495 e. The van der Waals surface area contributed by atoms with Gasteiger partial charge in [0.15, 0.2) is 11.5 Å². The van der Waals surface area contributed by atoms with Crippen molar-refractivity contribution in [1.82, 2.24) is 5.32 Å². The van der Waals surface area contributed by atoms with Gasteiger partial charge in [0.1, 0.15) is 12.3 Å². The Labute approximate surface area is 204 Å². The summed E-state index contributed by atoms with van der Waals surface area (Å²) in [6, 6.07) is 18.0. The van der Waals surface area contributed by atoms with E-state index < -0.39 is 22.5 Å². The summed E-state index contributed by atoms with van der Waals surface area (Å²) in [5.41, 5.74) is 1.00. The van der Waals surface area contributed by atoms with E-state index in [2.05, 4.69) is 5.32 Å². The van der Waals surface area contributed by atoms with E-state index in [-0.39, 0.29) is 33.6 Å². The summed E-state index contributed by atoms with van der Waals surface area (Å²) in [6.45, 7) is -0.253. The highest BCUT2D eigenvalue weighted by molar-refractivity contribution is 7.92. The quantitative estimate of drug-likeness (QED) is 0.450. The van der Waals surface area contributed by atoms with E-state index in [1.165, 1.54) is 51.7 Å². The van der Waals surface area contributed by atoms with Crippen LogP contribution in [0.5, 0.6) is 17.2 Å². The number of carbonyl (C=O) groups excluding carboxylic acids is 1. The molecule has 3 rings (SSSR count). The average Bonchev–Trinajstić information content (AvgIpc) is 2.86. The molecule has 0 aliphatic rings. The standard InChI is InChI=1S/C24H25ClN2O6S/c1-31-21-11-9-18(25)13-20(21)27(16-24(28)26-15-17-7-5-4-6-8-17)34(29,30)19-10-12-22(32-2)23(14-19)33-3/h4-14H,15-16H2,1-3H3,(H,26,28). The molecule has 10 heteroatoms. The van der Waals surface area contributed by atoms with Crippen LogP contribution in [0.3, 0.4) is 0 Å². The van der Waals surface area contributed by atoms with E-state index in [9.17, 15) is 13.2 Å². The van der Waals surface area contributed by atoms with Crippen LogP contribution < -0.4 is 23.8 Å². The van der Waals surface area contributed by atoms with Gasteiger partial charge in [0.05, 0.1) is 31.9 Å². The number of ether oxygens (including phenoxy) is 3. The topological polar surface area (TPSA) is 94.2 Å². The zero-order chi connectivity index (χ0) is 24.7. The van der Waals surface area contributed by atoms with Crippen molar-refractivity contribution in [3.05, 3.63) is 77.3 Å². The van der Waals surface area contributed by atoms with Crippen LogP contribution in [0, 0.1) is 0 Å². The van der Waals surface area contributed by atoms with Crippen LogP contribution in [0.25, 0.3) is 0 Å². The van der Waals surface area contributed by atoms with E-state index in [0.29, 0.717) is 5.75 Å². The molecule has 0 aromatic heterocycles. The van der Waals surface area contributed by atoms with E-state index in [1.54, 1.807) is 6.07 Å². The highest BCUT2D eigenvalue weighted by Gasteiger charge is 2.30. The van der Waals surface area contributed by atoms with Gasteiger partial charge in [-0.3, -0.25) is 9.10 Å². The molecule has 0 aliphatic heterocycles. The average molecular weight is 505 g/mol. The molecule has 0 radical (unpaired) electrons. The number of hydrogen-bond donors (Lipinski definition) is 1. The number of carbonyl (C=O) groups is 1. The molecule has 34 heavy (non-hydrogen) atoms. The van der Waals surface area contributed by atoms with Crippen LogP contribution in [0.2, 0.25) is 5.02 Å². The predicted molar refractivity (Wildman–Crippen MR) is 130 cm³/mol. The lowest BCUT2D eigenvalue weighted by molar-refractivity contribution is -0.119. The van der Waals surface area contributed by atoms with Gasteiger partial charge in [-0.15, -0.1) is 0 Å². The van der Waals surface area contributed by atoms with E-state index in [1.807, 2.05) is 30.3 Å². The smallest absolute Gasteiger partial charge is 0.265 e. The highest BCUT2D eigenvalue weighted by atomic mass is 35.5. The third kappa shape index (κ3) is 5.73. The molecule has 0 aliphatic carbocycles. The van der Waals surface area contributed by atoms with Gasteiger partial charge in [0.25, 0.3) is 10.0 Å².